The molecule has 0 bridgehead atoms. The molecule has 0 aliphatic rings. The van der Waals surface area contributed by atoms with Crippen molar-refractivity contribution in [3.63, 3.8) is 0 Å². The van der Waals surface area contributed by atoms with Gasteiger partial charge in [-0.2, -0.15) is 9.59 Å². The number of hydrogen-bond acceptors (Lipinski definition) is 5. The fourth-order valence-corrected chi connectivity index (χ4v) is 1.96. The zero-order chi connectivity index (χ0) is 16.7. The predicted octanol–water partition coefficient (Wildman–Crippen LogP) is 3.14. The van der Waals surface area contributed by atoms with E-state index in [0.717, 1.165) is 19.4 Å². The van der Waals surface area contributed by atoms with Gasteiger partial charge in [-0.25, -0.2) is 4.79 Å². The maximum Gasteiger partial charge on any atom is 0.359 e. The number of carbonyl (C=O) groups is 1. The first kappa shape index (κ1) is 18.9. The molecular formula is C11H15BrCl2N6O2. The van der Waals surface area contributed by atoms with Gasteiger partial charge in [0.05, 0.1) is 13.1 Å². The minimum atomic E-state index is -1.15. The van der Waals surface area contributed by atoms with E-state index >= 15 is 0 Å². The molecule has 0 aromatic carbocycles. The minimum Gasteiger partial charge on any atom is -0.476 e. The van der Waals surface area contributed by atoms with Crippen molar-refractivity contribution in [3.05, 3.63) is 20.6 Å². The van der Waals surface area contributed by atoms with Gasteiger partial charge in [-0.05, 0) is 28.8 Å². The summed E-state index contributed by atoms with van der Waals surface area (Å²) in [6.07, 6.45) is 1.85. The van der Waals surface area contributed by atoms with Crippen molar-refractivity contribution in [3.8, 4) is 0 Å². The van der Waals surface area contributed by atoms with Crippen LogP contribution in [0.3, 0.4) is 0 Å². The maximum atomic E-state index is 10.4. The number of nitrogens with zero attached hydrogens (tertiary/aromatic N) is 6. The van der Waals surface area contributed by atoms with Gasteiger partial charge in [0, 0.05) is 0 Å². The Balaban J connectivity index is 0.000000224. The van der Waals surface area contributed by atoms with Crippen molar-refractivity contribution in [2.45, 2.75) is 39.8 Å². The van der Waals surface area contributed by atoms with Crippen molar-refractivity contribution in [1.29, 1.82) is 0 Å². The lowest BCUT2D eigenvalue weighted by Gasteiger charge is -1.91. The minimum absolute atomic E-state index is 0.0593. The van der Waals surface area contributed by atoms with Gasteiger partial charge >= 0.3 is 5.97 Å². The maximum absolute atomic E-state index is 10.4. The second-order valence-corrected chi connectivity index (χ2v) is 5.59. The predicted molar refractivity (Wildman–Crippen MR) is 85.3 cm³/mol. The standard InChI is InChI=1S/C6H8ClN3O2.C5H7BrClN3/c1-2-3-10-8-4(6(11)12)5(7)9-10;1-2-3-10-8-4(6)5(7)9-10/h2-3H2,1H3,(H,11,12);2-3H2,1H3. The highest BCUT2D eigenvalue weighted by Gasteiger charge is 2.14. The van der Waals surface area contributed by atoms with Crippen LogP contribution >= 0.6 is 39.1 Å². The molecule has 0 radical (unpaired) electrons. The van der Waals surface area contributed by atoms with Crippen LogP contribution in [-0.4, -0.2) is 41.1 Å². The van der Waals surface area contributed by atoms with Gasteiger partial charge in [0.15, 0.2) is 14.9 Å². The summed E-state index contributed by atoms with van der Waals surface area (Å²) in [5, 5.41) is 24.2. The quantitative estimate of drug-likeness (QED) is 0.808. The van der Waals surface area contributed by atoms with Gasteiger partial charge < -0.3 is 5.11 Å². The van der Waals surface area contributed by atoms with E-state index in [1.807, 2.05) is 6.92 Å². The molecular weight excluding hydrogens is 399 g/mol. The van der Waals surface area contributed by atoms with Gasteiger partial charge in [-0.15, -0.1) is 20.4 Å². The molecule has 0 aliphatic heterocycles. The summed E-state index contributed by atoms with van der Waals surface area (Å²) in [6, 6.07) is 0. The van der Waals surface area contributed by atoms with E-state index in [4.69, 9.17) is 28.3 Å². The van der Waals surface area contributed by atoms with Crippen LogP contribution in [0.25, 0.3) is 0 Å². The average Bonchev–Trinajstić information content (AvgIpc) is 2.95. The van der Waals surface area contributed by atoms with E-state index in [0.29, 0.717) is 16.3 Å². The van der Waals surface area contributed by atoms with Crippen molar-refractivity contribution >= 4 is 45.1 Å². The largest absolute Gasteiger partial charge is 0.476 e. The zero-order valence-electron chi connectivity index (χ0n) is 12.0. The van der Waals surface area contributed by atoms with Crippen molar-refractivity contribution in [1.82, 2.24) is 30.0 Å². The summed E-state index contributed by atoms with van der Waals surface area (Å²) in [6.45, 7) is 5.39. The molecule has 1 N–H and O–H groups in total. The summed E-state index contributed by atoms with van der Waals surface area (Å²) < 4.78 is 0.614. The van der Waals surface area contributed by atoms with Gasteiger partial charge in [-0.1, -0.05) is 37.0 Å². The van der Waals surface area contributed by atoms with Gasteiger partial charge in [0.25, 0.3) is 0 Å². The Bertz CT molecular complexity index is 611. The van der Waals surface area contributed by atoms with Crippen LogP contribution in [0.1, 0.15) is 37.2 Å². The SMILES string of the molecule is CCCn1nc(Cl)c(Br)n1.CCCn1nc(Cl)c(C(=O)O)n1. The van der Waals surface area contributed by atoms with Crippen LogP contribution in [0.5, 0.6) is 0 Å². The Hall–Kier alpha value is -1.19. The summed E-state index contributed by atoms with van der Waals surface area (Å²) in [5.41, 5.74) is -0.190. The number of hydrogen-bond donors (Lipinski definition) is 1. The Morgan fingerprint density at radius 1 is 1.05 bits per heavy atom. The van der Waals surface area contributed by atoms with E-state index in [2.05, 4.69) is 43.2 Å². The second-order valence-electron chi connectivity index (χ2n) is 4.12. The molecule has 2 aromatic rings. The number of aromatic carboxylic acids is 1. The van der Waals surface area contributed by atoms with Crippen LogP contribution < -0.4 is 0 Å². The van der Waals surface area contributed by atoms with Crippen LogP contribution in [0.15, 0.2) is 4.60 Å². The molecule has 0 saturated heterocycles. The average molecular weight is 414 g/mol. The Morgan fingerprint density at radius 2 is 1.55 bits per heavy atom. The number of rotatable bonds is 5. The van der Waals surface area contributed by atoms with Gasteiger partial charge in [0.1, 0.15) is 0 Å². The zero-order valence-corrected chi connectivity index (χ0v) is 15.1. The molecule has 2 rings (SSSR count). The molecule has 122 valence electrons. The van der Waals surface area contributed by atoms with E-state index in [1.165, 1.54) is 4.80 Å². The highest BCUT2D eigenvalue weighted by molar-refractivity contribution is 9.10. The van der Waals surface area contributed by atoms with Gasteiger partial charge in [0.2, 0.25) is 5.69 Å². The summed E-state index contributed by atoms with van der Waals surface area (Å²) in [7, 11) is 0. The third kappa shape index (κ3) is 5.54. The number of aromatic nitrogens is 6. The second kappa shape index (κ2) is 9.06. The summed E-state index contributed by atoms with van der Waals surface area (Å²) in [5.74, 6) is -1.15. The monoisotopic (exact) mass is 412 g/mol. The lowest BCUT2D eigenvalue weighted by atomic mass is 10.5. The fraction of sp³-hybridized carbons (Fsp3) is 0.545. The molecule has 11 heteroatoms. The normalized spacial score (nSPS) is 10.2. The first-order valence-corrected chi connectivity index (χ1v) is 8.03. The first-order chi connectivity index (χ1) is 10.4. The van der Waals surface area contributed by atoms with Crippen molar-refractivity contribution < 1.29 is 9.90 Å². The molecule has 22 heavy (non-hydrogen) atoms. The lowest BCUT2D eigenvalue weighted by molar-refractivity contribution is 0.0689. The van der Waals surface area contributed by atoms with E-state index in [9.17, 15) is 4.79 Å². The molecule has 0 atom stereocenters. The topological polar surface area (TPSA) is 98.7 Å². The molecule has 2 heterocycles. The van der Waals surface area contributed by atoms with E-state index < -0.39 is 5.97 Å². The van der Waals surface area contributed by atoms with Crippen molar-refractivity contribution in [2.75, 3.05) is 0 Å². The third-order valence-corrected chi connectivity index (χ3v) is 3.51. The number of aryl methyl sites for hydroxylation is 2. The van der Waals surface area contributed by atoms with Gasteiger partial charge in [-0.3, -0.25) is 0 Å². The highest BCUT2D eigenvalue weighted by atomic mass is 79.9. The van der Waals surface area contributed by atoms with Crippen LogP contribution in [-0.2, 0) is 13.1 Å². The van der Waals surface area contributed by atoms with Crippen LogP contribution in [0, 0.1) is 0 Å². The molecule has 8 nitrogen and oxygen atoms in total. The molecule has 0 unspecified atom stereocenters. The smallest absolute Gasteiger partial charge is 0.359 e. The summed E-state index contributed by atoms with van der Waals surface area (Å²) >= 11 is 14.3. The Morgan fingerprint density at radius 3 is 1.91 bits per heavy atom. The third-order valence-electron chi connectivity index (χ3n) is 2.24. The molecule has 0 amide bonds. The van der Waals surface area contributed by atoms with E-state index in [-0.39, 0.29) is 10.8 Å². The fourth-order valence-electron chi connectivity index (χ4n) is 1.37. The van der Waals surface area contributed by atoms with Crippen LogP contribution in [0.4, 0.5) is 0 Å². The Kier molecular flexibility index (Phi) is 7.77. The highest BCUT2D eigenvalue weighted by Crippen LogP contribution is 2.15. The molecule has 0 aliphatic carbocycles. The molecule has 0 spiro atoms. The van der Waals surface area contributed by atoms with Crippen molar-refractivity contribution in [2.24, 2.45) is 0 Å². The first-order valence-electron chi connectivity index (χ1n) is 6.49. The number of carboxylic acid groups (broad SMARTS) is 1. The van der Waals surface area contributed by atoms with E-state index in [1.54, 1.807) is 4.80 Å². The number of halogens is 3. The van der Waals surface area contributed by atoms with Crippen LogP contribution in [0.2, 0.25) is 10.3 Å². The Labute approximate surface area is 145 Å². The summed E-state index contributed by atoms with van der Waals surface area (Å²) in [4.78, 5) is 13.3. The molecule has 0 fully saturated rings. The number of carboxylic acids is 1. The molecule has 0 saturated carbocycles. The molecule has 2 aromatic heterocycles. The lowest BCUT2D eigenvalue weighted by Crippen LogP contribution is -2.03.